The van der Waals surface area contributed by atoms with Crippen molar-refractivity contribution in [3.05, 3.63) is 12.2 Å². The lowest BCUT2D eigenvalue weighted by molar-refractivity contribution is 0.291. The summed E-state index contributed by atoms with van der Waals surface area (Å²) in [6.07, 6.45) is 4.01. The van der Waals surface area contributed by atoms with Crippen LogP contribution in [-0.4, -0.2) is 4.32 Å². The van der Waals surface area contributed by atoms with E-state index in [1.165, 1.54) is 24.8 Å². The van der Waals surface area contributed by atoms with Gasteiger partial charge in [-0.05, 0) is 30.6 Å². The molecule has 0 aliphatic heterocycles. The lowest BCUT2D eigenvalue weighted by Crippen LogP contribution is -2.27. The van der Waals surface area contributed by atoms with E-state index < -0.39 is 0 Å². The molecule has 0 aromatic carbocycles. The highest BCUT2D eigenvalue weighted by atomic mass is 79.9. The summed E-state index contributed by atoms with van der Waals surface area (Å²) in [7, 11) is 0. The minimum Gasteiger partial charge on any atom is -0.0979 e. The Hall–Kier alpha value is 0.220. The summed E-state index contributed by atoms with van der Waals surface area (Å²) in [5, 5.41) is 0. The molecule has 2 atom stereocenters. The monoisotopic (exact) mass is 214 g/mol. The highest BCUT2D eigenvalue weighted by Crippen LogP contribution is 2.64. The lowest BCUT2D eigenvalue weighted by atomic mass is 9.73. The van der Waals surface area contributed by atoms with E-state index in [1.807, 2.05) is 0 Å². The van der Waals surface area contributed by atoms with Gasteiger partial charge in [0.1, 0.15) is 0 Å². The molecule has 62 valence electrons. The Kier molecular flexibility index (Phi) is 1.38. The van der Waals surface area contributed by atoms with Gasteiger partial charge in [-0.15, -0.1) is 0 Å². The number of rotatable bonds is 0. The quantitative estimate of drug-likeness (QED) is 0.428. The first-order chi connectivity index (χ1) is 4.97. The van der Waals surface area contributed by atoms with Crippen molar-refractivity contribution in [2.24, 2.45) is 11.3 Å². The molecule has 2 bridgehead atoms. The molecule has 0 unspecified atom stereocenters. The SMILES string of the molecule is C=C1C(C)(C)[C@H]2CC[C@]1(Br)C2. The van der Waals surface area contributed by atoms with Crippen LogP contribution in [0.5, 0.6) is 0 Å². The van der Waals surface area contributed by atoms with Crippen molar-refractivity contribution >= 4 is 15.9 Å². The van der Waals surface area contributed by atoms with E-state index in [9.17, 15) is 0 Å². The fraction of sp³-hybridized carbons (Fsp3) is 0.800. The minimum atomic E-state index is 0.321. The molecule has 11 heavy (non-hydrogen) atoms. The highest BCUT2D eigenvalue weighted by molar-refractivity contribution is 9.10. The Morgan fingerprint density at radius 1 is 1.55 bits per heavy atom. The number of hydrogen-bond acceptors (Lipinski definition) is 0. The molecule has 0 amide bonds. The van der Waals surface area contributed by atoms with Crippen LogP contribution >= 0.6 is 15.9 Å². The molecule has 0 aromatic heterocycles. The van der Waals surface area contributed by atoms with Crippen molar-refractivity contribution in [2.75, 3.05) is 0 Å². The molecule has 0 saturated heterocycles. The van der Waals surface area contributed by atoms with Crippen LogP contribution in [0.15, 0.2) is 12.2 Å². The van der Waals surface area contributed by atoms with Crippen molar-refractivity contribution < 1.29 is 0 Å². The maximum atomic E-state index is 4.21. The van der Waals surface area contributed by atoms with Crippen molar-refractivity contribution in [2.45, 2.75) is 37.4 Å². The van der Waals surface area contributed by atoms with Gasteiger partial charge < -0.3 is 0 Å². The second-order valence-corrected chi connectivity index (χ2v) is 6.12. The predicted octanol–water partition coefficient (Wildman–Crippen LogP) is 3.52. The van der Waals surface area contributed by atoms with E-state index >= 15 is 0 Å². The molecule has 0 nitrogen and oxygen atoms in total. The third-order valence-corrected chi connectivity index (χ3v) is 5.00. The summed E-state index contributed by atoms with van der Waals surface area (Å²) in [6.45, 7) is 8.89. The Morgan fingerprint density at radius 3 is 2.45 bits per heavy atom. The molecule has 2 fully saturated rings. The Balaban J connectivity index is 2.42. The molecule has 2 saturated carbocycles. The second-order valence-electron chi connectivity index (χ2n) is 4.61. The van der Waals surface area contributed by atoms with Gasteiger partial charge in [0, 0.05) is 4.32 Å². The van der Waals surface area contributed by atoms with Gasteiger partial charge in [-0.2, -0.15) is 0 Å². The zero-order chi connectivity index (χ0) is 8.28. The summed E-state index contributed by atoms with van der Waals surface area (Å²) in [5.41, 5.74) is 1.82. The molecular formula is C10H15Br. The molecule has 2 aliphatic rings. The van der Waals surface area contributed by atoms with Crippen LogP contribution in [0.4, 0.5) is 0 Å². The van der Waals surface area contributed by atoms with E-state index in [0.717, 1.165) is 5.92 Å². The molecule has 0 heterocycles. The van der Waals surface area contributed by atoms with Gasteiger partial charge in [-0.1, -0.05) is 41.9 Å². The predicted molar refractivity (Wildman–Crippen MR) is 51.9 cm³/mol. The first-order valence-corrected chi connectivity index (χ1v) is 5.15. The number of halogens is 1. The van der Waals surface area contributed by atoms with Crippen molar-refractivity contribution in [3.8, 4) is 0 Å². The van der Waals surface area contributed by atoms with Gasteiger partial charge in [0.05, 0.1) is 0 Å². The average molecular weight is 215 g/mol. The Morgan fingerprint density at radius 2 is 2.18 bits per heavy atom. The number of allylic oxidation sites excluding steroid dienone is 1. The van der Waals surface area contributed by atoms with Crippen LogP contribution in [0.2, 0.25) is 0 Å². The van der Waals surface area contributed by atoms with E-state index in [0.29, 0.717) is 9.74 Å². The van der Waals surface area contributed by atoms with Crippen LogP contribution in [0.3, 0.4) is 0 Å². The summed E-state index contributed by atoms with van der Waals surface area (Å²) >= 11 is 3.83. The van der Waals surface area contributed by atoms with Crippen LogP contribution in [-0.2, 0) is 0 Å². The maximum Gasteiger partial charge on any atom is 0.0471 e. The van der Waals surface area contributed by atoms with Gasteiger partial charge >= 0.3 is 0 Å². The molecular weight excluding hydrogens is 200 g/mol. The second kappa shape index (κ2) is 1.93. The van der Waals surface area contributed by atoms with Crippen molar-refractivity contribution in [3.63, 3.8) is 0 Å². The zero-order valence-electron chi connectivity index (χ0n) is 7.28. The van der Waals surface area contributed by atoms with E-state index in [4.69, 9.17) is 0 Å². The van der Waals surface area contributed by atoms with E-state index in [2.05, 4.69) is 36.4 Å². The number of fused-ring (bicyclic) bond motifs is 2. The van der Waals surface area contributed by atoms with Crippen LogP contribution in [0.25, 0.3) is 0 Å². The molecule has 0 spiro atoms. The molecule has 0 N–H and O–H groups in total. The highest BCUT2D eigenvalue weighted by Gasteiger charge is 2.55. The molecule has 0 radical (unpaired) electrons. The van der Waals surface area contributed by atoms with Gasteiger partial charge in [0.15, 0.2) is 0 Å². The fourth-order valence-electron chi connectivity index (χ4n) is 2.71. The Labute approximate surface area is 77.2 Å². The van der Waals surface area contributed by atoms with Crippen molar-refractivity contribution in [1.29, 1.82) is 0 Å². The summed E-state index contributed by atoms with van der Waals surface area (Å²) in [4.78, 5) is 0. The van der Waals surface area contributed by atoms with Crippen LogP contribution in [0.1, 0.15) is 33.1 Å². The minimum absolute atomic E-state index is 0.321. The lowest BCUT2D eigenvalue weighted by Gasteiger charge is -2.34. The Bertz CT molecular complexity index is 210. The maximum absolute atomic E-state index is 4.21. The standard InChI is InChI=1S/C10H15Br/c1-7-9(2,3)8-4-5-10(7,11)6-8/h8H,1,4-6H2,2-3H3/t8-,10-/m0/s1. The third kappa shape index (κ3) is 0.809. The van der Waals surface area contributed by atoms with Gasteiger partial charge in [0.2, 0.25) is 0 Å². The number of hydrogen-bond donors (Lipinski definition) is 0. The van der Waals surface area contributed by atoms with Gasteiger partial charge in [0.25, 0.3) is 0 Å². The summed E-state index contributed by atoms with van der Waals surface area (Å²) in [5.74, 6) is 0.884. The zero-order valence-corrected chi connectivity index (χ0v) is 8.87. The number of alkyl halides is 1. The van der Waals surface area contributed by atoms with E-state index in [-0.39, 0.29) is 0 Å². The third-order valence-electron chi connectivity index (χ3n) is 3.80. The fourth-order valence-corrected chi connectivity index (χ4v) is 3.84. The largest absolute Gasteiger partial charge is 0.0979 e. The summed E-state index contributed by atoms with van der Waals surface area (Å²) in [6, 6.07) is 0. The van der Waals surface area contributed by atoms with Gasteiger partial charge in [-0.25, -0.2) is 0 Å². The first kappa shape index (κ1) is 7.85. The van der Waals surface area contributed by atoms with E-state index in [1.54, 1.807) is 0 Å². The van der Waals surface area contributed by atoms with Crippen molar-refractivity contribution in [1.82, 2.24) is 0 Å². The topological polar surface area (TPSA) is 0 Å². The average Bonchev–Trinajstić information content (AvgIpc) is 2.36. The molecule has 1 heteroatoms. The summed E-state index contributed by atoms with van der Waals surface area (Å²) < 4.78 is 0.321. The first-order valence-electron chi connectivity index (χ1n) is 4.35. The van der Waals surface area contributed by atoms with Gasteiger partial charge in [-0.3, -0.25) is 0 Å². The smallest absolute Gasteiger partial charge is 0.0471 e. The normalized spacial score (nSPS) is 46.8. The molecule has 2 aliphatic carbocycles. The van der Waals surface area contributed by atoms with Crippen LogP contribution < -0.4 is 0 Å². The molecule has 2 rings (SSSR count). The van der Waals surface area contributed by atoms with Crippen LogP contribution in [0, 0.1) is 11.3 Å². The molecule has 0 aromatic rings.